The third-order valence-electron chi connectivity index (χ3n) is 12.9. The molecule has 8 aromatic rings. The van der Waals surface area contributed by atoms with E-state index < -0.39 is 0 Å². The molecule has 0 aliphatic heterocycles. The van der Waals surface area contributed by atoms with Crippen LogP contribution in [0.4, 0.5) is 28.4 Å². The van der Waals surface area contributed by atoms with Crippen molar-refractivity contribution in [1.29, 1.82) is 0 Å². The Bertz CT molecular complexity index is 3140. The highest BCUT2D eigenvalue weighted by atomic mass is 15.2. The largest absolute Gasteiger partial charge is 0.333 e. The minimum Gasteiger partial charge on any atom is -0.333 e. The maximum atomic E-state index is 2.54. The van der Waals surface area contributed by atoms with Crippen molar-refractivity contribution < 1.29 is 0 Å². The number of allylic oxidation sites excluding steroid dienone is 9. The molecule has 11 rings (SSSR count). The minimum atomic E-state index is 0.0843. The Hall–Kier alpha value is -7.94. The SMILES string of the molecule is C1=CC2=CC=CC(N(c3ccc(-c4ccccc4)cc3)c3ccccc3-c3ccc(-c4ccccc4N(c4ccc(C5=CCCC=C5)cc4)c4cccc5ccccc45)cc3)C2C=C1. The molecule has 2 unspecified atom stereocenters. The smallest absolute Gasteiger partial charge is 0.0628 e. The van der Waals surface area contributed by atoms with Crippen LogP contribution >= 0.6 is 0 Å². The van der Waals surface area contributed by atoms with E-state index in [4.69, 9.17) is 0 Å². The van der Waals surface area contributed by atoms with Gasteiger partial charge in [-0.25, -0.2) is 0 Å². The van der Waals surface area contributed by atoms with Crippen molar-refractivity contribution in [2.24, 2.45) is 5.92 Å². The summed E-state index contributed by atoms with van der Waals surface area (Å²) in [6, 6.07) is 71.2. The molecule has 2 atom stereocenters. The van der Waals surface area contributed by atoms with Crippen LogP contribution in [-0.4, -0.2) is 6.04 Å². The van der Waals surface area contributed by atoms with Crippen LogP contribution in [0.1, 0.15) is 18.4 Å². The van der Waals surface area contributed by atoms with Gasteiger partial charge in [-0.3, -0.25) is 0 Å². The zero-order valence-corrected chi connectivity index (χ0v) is 35.7. The third kappa shape index (κ3) is 7.54. The lowest BCUT2D eigenvalue weighted by Gasteiger charge is -2.39. The number of fused-ring (bicyclic) bond motifs is 2. The van der Waals surface area contributed by atoms with Gasteiger partial charge in [0.25, 0.3) is 0 Å². The predicted molar refractivity (Wildman–Crippen MR) is 273 cm³/mol. The van der Waals surface area contributed by atoms with Gasteiger partial charge >= 0.3 is 0 Å². The Kier molecular flexibility index (Phi) is 10.6. The second kappa shape index (κ2) is 17.4. The first kappa shape index (κ1) is 38.9. The molecule has 0 amide bonds. The molecule has 306 valence electrons. The first-order valence-electron chi connectivity index (χ1n) is 22.5. The van der Waals surface area contributed by atoms with E-state index in [-0.39, 0.29) is 12.0 Å². The van der Waals surface area contributed by atoms with Gasteiger partial charge in [-0.2, -0.15) is 0 Å². The maximum absolute atomic E-state index is 2.54. The zero-order valence-electron chi connectivity index (χ0n) is 35.7. The highest BCUT2D eigenvalue weighted by Crippen LogP contribution is 2.46. The molecule has 0 heterocycles. The highest BCUT2D eigenvalue weighted by Gasteiger charge is 2.31. The molecule has 0 bridgehead atoms. The van der Waals surface area contributed by atoms with E-state index in [9.17, 15) is 0 Å². The van der Waals surface area contributed by atoms with Crippen LogP contribution in [0.15, 0.2) is 260 Å². The van der Waals surface area contributed by atoms with Gasteiger partial charge < -0.3 is 9.80 Å². The Morgan fingerprint density at radius 2 is 1.02 bits per heavy atom. The van der Waals surface area contributed by atoms with Gasteiger partial charge in [0.05, 0.1) is 17.4 Å². The molecular formula is C62H48N2. The van der Waals surface area contributed by atoms with Gasteiger partial charge in [-0.15, -0.1) is 0 Å². The van der Waals surface area contributed by atoms with Crippen molar-refractivity contribution in [2.75, 3.05) is 9.80 Å². The lowest BCUT2D eigenvalue weighted by molar-refractivity contribution is 0.640. The van der Waals surface area contributed by atoms with Crippen molar-refractivity contribution >= 4 is 44.8 Å². The quantitative estimate of drug-likeness (QED) is 0.136. The molecule has 2 heteroatoms. The summed E-state index contributed by atoms with van der Waals surface area (Å²) in [5, 5.41) is 2.43. The molecule has 2 nitrogen and oxygen atoms in total. The van der Waals surface area contributed by atoms with Crippen LogP contribution < -0.4 is 9.80 Å². The Morgan fingerprint density at radius 1 is 0.406 bits per heavy atom. The molecule has 64 heavy (non-hydrogen) atoms. The van der Waals surface area contributed by atoms with Crippen molar-refractivity contribution in [3.8, 4) is 33.4 Å². The number of nitrogens with zero attached hydrogens (tertiary/aromatic N) is 2. The van der Waals surface area contributed by atoms with Gasteiger partial charge in [0.1, 0.15) is 0 Å². The van der Waals surface area contributed by atoms with E-state index in [0.717, 1.165) is 41.2 Å². The fraction of sp³-hybridized carbons (Fsp3) is 0.0645. The van der Waals surface area contributed by atoms with E-state index in [2.05, 4.69) is 265 Å². The van der Waals surface area contributed by atoms with Gasteiger partial charge in [0.15, 0.2) is 0 Å². The highest BCUT2D eigenvalue weighted by molar-refractivity contribution is 6.01. The third-order valence-corrected chi connectivity index (χ3v) is 12.9. The van der Waals surface area contributed by atoms with E-state index in [1.54, 1.807) is 0 Å². The molecule has 0 saturated carbocycles. The molecule has 0 radical (unpaired) electrons. The summed E-state index contributed by atoms with van der Waals surface area (Å²) in [4.78, 5) is 4.98. The normalized spacial score (nSPS) is 16.2. The molecule has 0 fully saturated rings. The fourth-order valence-electron chi connectivity index (χ4n) is 9.73. The first-order chi connectivity index (χ1) is 31.8. The number of benzene rings is 8. The van der Waals surface area contributed by atoms with Crippen LogP contribution in [0.25, 0.3) is 49.7 Å². The predicted octanol–water partition coefficient (Wildman–Crippen LogP) is 16.8. The van der Waals surface area contributed by atoms with Gasteiger partial charge in [0, 0.05) is 39.5 Å². The molecule has 0 spiro atoms. The summed E-state index contributed by atoms with van der Waals surface area (Å²) in [5.74, 6) is 0.220. The van der Waals surface area contributed by atoms with Gasteiger partial charge in [-0.05, 0) is 99.7 Å². The summed E-state index contributed by atoms with van der Waals surface area (Å²) in [7, 11) is 0. The average molecular weight is 821 g/mol. The number of para-hydroxylation sites is 2. The van der Waals surface area contributed by atoms with E-state index in [1.807, 2.05) is 0 Å². The van der Waals surface area contributed by atoms with Crippen molar-refractivity contribution in [3.05, 3.63) is 266 Å². The second-order valence-electron chi connectivity index (χ2n) is 16.7. The number of hydrogen-bond donors (Lipinski definition) is 0. The topological polar surface area (TPSA) is 6.48 Å². The Labute approximate surface area is 377 Å². The molecule has 0 N–H and O–H groups in total. The monoisotopic (exact) mass is 820 g/mol. The van der Waals surface area contributed by atoms with Crippen molar-refractivity contribution in [1.82, 2.24) is 0 Å². The van der Waals surface area contributed by atoms with Crippen LogP contribution in [0.5, 0.6) is 0 Å². The van der Waals surface area contributed by atoms with Crippen LogP contribution in [0.2, 0.25) is 0 Å². The van der Waals surface area contributed by atoms with Crippen LogP contribution in [-0.2, 0) is 0 Å². The first-order valence-corrected chi connectivity index (χ1v) is 22.5. The number of hydrogen-bond acceptors (Lipinski definition) is 2. The summed E-state index contributed by atoms with van der Waals surface area (Å²) < 4.78 is 0. The lowest BCUT2D eigenvalue weighted by atomic mass is 9.82. The molecule has 8 aromatic carbocycles. The Morgan fingerprint density at radius 3 is 1.78 bits per heavy atom. The zero-order chi connectivity index (χ0) is 42.7. The standard InChI is InChI=1S/C62H48N2/c1-3-17-45(18-4-1)47-37-41-53(42-38-47)63(61-31-15-23-49-21-7-9-25-55(49)61)59-29-13-11-27-57(59)51-33-35-52(36-34-51)58-28-12-14-30-60(58)64(62-32-16-24-50-22-8-10-26-56(50)62)54-43-39-48(40-44-54)46-19-5-2-6-20-46/h1,3-5,7-44,55,61H,2,6H2. The summed E-state index contributed by atoms with van der Waals surface area (Å²) in [5.41, 5.74) is 16.7. The Balaban J connectivity index is 0.991. The van der Waals surface area contributed by atoms with Crippen molar-refractivity contribution in [2.45, 2.75) is 18.9 Å². The molecular weight excluding hydrogens is 773 g/mol. The minimum absolute atomic E-state index is 0.0843. The van der Waals surface area contributed by atoms with Crippen molar-refractivity contribution in [3.63, 3.8) is 0 Å². The fourth-order valence-corrected chi connectivity index (χ4v) is 9.73. The second-order valence-corrected chi connectivity index (χ2v) is 16.7. The number of rotatable bonds is 10. The molecule has 0 saturated heterocycles. The van der Waals surface area contributed by atoms with E-state index in [1.165, 1.54) is 61.0 Å². The maximum Gasteiger partial charge on any atom is 0.0628 e. The van der Waals surface area contributed by atoms with E-state index >= 15 is 0 Å². The summed E-state index contributed by atoms with van der Waals surface area (Å²) in [6.45, 7) is 0. The molecule has 3 aliphatic rings. The van der Waals surface area contributed by atoms with Gasteiger partial charge in [0.2, 0.25) is 0 Å². The lowest BCUT2D eigenvalue weighted by Crippen LogP contribution is -2.37. The summed E-state index contributed by atoms with van der Waals surface area (Å²) >= 11 is 0. The van der Waals surface area contributed by atoms with Crippen LogP contribution in [0, 0.1) is 5.92 Å². The summed E-state index contributed by atoms with van der Waals surface area (Å²) in [6.07, 6.45) is 24.9. The van der Waals surface area contributed by atoms with Gasteiger partial charge in [-0.1, -0.05) is 212 Å². The molecule has 0 aromatic heterocycles. The van der Waals surface area contributed by atoms with E-state index in [0.29, 0.717) is 0 Å². The average Bonchev–Trinajstić information content (AvgIpc) is 3.38. The molecule has 3 aliphatic carbocycles. The number of anilines is 5. The van der Waals surface area contributed by atoms with Crippen LogP contribution in [0.3, 0.4) is 0 Å².